The number of hydrogen-bond donors (Lipinski definition) is 2. The van der Waals surface area contributed by atoms with Gasteiger partial charge in [0.25, 0.3) is 17.5 Å². The third-order valence-corrected chi connectivity index (χ3v) is 4.26. The predicted octanol–water partition coefficient (Wildman–Crippen LogP) is -0.231. The number of quaternary nitrogens is 1. The molecule has 1 aliphatic heterocycles. The monoisotopic (exact) mass is 349 g/mol. The summed E-state index contributed by atoms with van der Waals surface area (Å²) in [4.78, 5) is 37.7. The molecule has 0 atom stereocenters. The SMILES string of the molecule is Cc1cc(C(=O)N2CC[NH+](CC(=O)NC(C)C)CC2)ccc1[N+](=O)[O-]. The molecule has 1 fully saturated rings. The van der Waals surface area contributed by atoms with E-state index in [0.717, 1.165) is 4.90 Å². The van der Waals surface area contributed by atoms with Crippen LogP contribution in [0.4, 0.5) is 5.69 Å². The Morgan fingerprint density at radius 2 is 1.96 bits per heavy atom. The molecule has 1 heterocycles. The molecule has 0 spiro atoms. The molecule has 136 valence electrons. The summed E-state index contributed by atoms with van der Waals surface area (Å²) in [5, 5.41) is 13.7. The Labute approximate surface area is 146 Å². The van der Waals surface area contributed by atoms with Gasteiger partial charge < -0.3 is 15.1 Å². The van der Waals surface area contributed by atoms with Crippen LogP contribution in [-0.4, -0.2) is 60.4 Å². The summed E-state index contributed by atoms with van der Waals surface area (Å²) in [7, 11) is 0. The number of benzene rings is 1. The molecule has 1 aromatic rings. The van der Waals surface area contributed by atoms with Gasteiger partial charge in [0, 0.05) is 23.2 Å². The zero-order chi connectivity index (χ0) is 18.6. The number of carbonyl (C=O) groups is 2. The highest BCUT2D eigenvalue weighted by atomic mass is 16.6. The van der Waals surface area contributed by atoms with E-state index in [2.05, 4.69) is 5.32 Å². The minimum atomic E-state index is -0.450. The summed E-state index contributed by atoms with van der Waals surface area (Å²) in [6, 6.07) is 4.57. The fourth-order valence-electron chi connectivity index (χ4n) is 2.98. The molecule has 1 aliphatic rings. The molecule has 0 aliphatic carbocycles. The van der Waals surface area contributed by atoms with Crippen LogP contribution in [-0.2, 0) is 4.79 Å². The Balaban J connectivity index is 1.92. The highest BCUT2D eigenvalue weighted by molar-refractivity contribution is 5.94. The maximum Gasteiger partial charge on any atom is 0.275 e. The van der Waals surface area contributed by atoms with Crippen molar-refractivity contribution in [1.82, 2.24) is 10.2 Å². The molecule has 25 heavy (non-hydrogen) atoms. The number of nitro benzene ring substituents is 1. The fraction of sp³-hybridized carbons (Fsp3) is 0.529. The summed E-state index contributed by atoms with van der Waals surface area (Å²) in [5.41, 5.74) is 0.955. The zero-order valence-corrected chi connectivity index (χ0v) is 14.9. The van der Waals surface area contributed by atoms with Crippen molar-refractivity contribution in [3.63, 3.8) is 0 Å². The van der Waals surface area contributed by atoms with E-state index in [1.54, 1.807) is 17.9 Å². The van der Waals surface area contributed by atoms with Crippen molar-refractivity contribution >= 4 is 17.5 Å². The van der Waals surface area contributed by atoms with Crippen molar-refractivity contribution in [2.24, 2.45) is 0 Å². The molecule has 1 saturated heterocycles. The van der Waals surface area contributed by atoms with Gasteiger partial charge in [-0.3, -0.25) is 19.7 Å². The predicted molar refractivity (Wildman–Crippen MR) is 92.6 cm³/mol. The van der Waals surface area contributed by atoms with Crippen molar-refractivity contribution in [3.8, 4) is 0 Å². The van der Waals surface area contributed by atoms with Crippen molar-refractivity contribution in [2.75, 3.05) is 32.7 Å². The van der Waals surface area contributed by atoms with Gasteiger partial charge >= 0.3 is 0 Å². The molecule has 0 unspecified atom stereocenters. The van der Waals surface area contributed by atoms with Crippen LogP contribution in [0.1, 0.15) is 29.8 Å². The first-order valence-electron chi connectivity index (χ1n) is 8.45. The lowest BCUT2D eigenvalue weighted by Crippen LogP contribution is -3.15. The third-order valence-electron chi connectivity index (χ3n) is 4.26. The van der Waals surface area contributed by atoms with Crippen LogP contribution in [0.2, 0.25) is 0 Å². The summed E-state index contributed by atoms with van der Waals surface area (Å²) in [6.07, 6.45) is 0. The molecule has 2 rings (SSSR count). The minimum absolute atomic E-state index is 0.0157. The van der Waals surface area contributed by atoms with E-state index < -0.39 is 4.92 Å². The number of nitrogens with zero attached hydrogens (tertiary/aromatic N) is 2. The number of amides is 2. The van der Waals surface area contributed by atoms with Gasteiger partial charge in [-0.15, -0.1) is 0 Å². The summed E-state index contributed by atoms with van der Waals surface area (Å²) < 4.78 is 0. The lowest BCUT2D eigenvalue weighted by Gasteiger charge is -2.32. The van der Waals surface area contributed by atoms with E-state index in [9.17, 15) is 19.7 Å². The van der Waals surface area contributed by atoms with Gasteiger partial charge in [0.1, 0.15) is 0 Å². The maximum atomic E-state index is 12.6. The van der Waals surface area contributed by atoms with Crippen LogP contribution in [0.25, 0.3) is 0 Å². The quantitative estimate of drug-likeness (QED) is 0.567. The largest absolute Gasteiger partial charge is 0.349 e. The van der Waals surface area contributed by atoms with E-state index in [4.69, 9.17) is 0 Å². The Bertz CT molecular complexity index is 667. The Morgan fingerprint density at radius 1 is 1.32 bits per heavy atom. The average Bonchev–Trinajstić information content (AvgIpc) is 2.53. The van der Waals surface area contributed by atoms with Crippen LogP contribution in [0, 0.1) is 17.0 Å². The molecule has 1 aromatic carbocycles. The summed E-state index contributed by atoms with van der Waals surface area (Å²) in [5.74, 6) is -0.0977. The van der Waals surface area contributed by atoms with Gasteiger partial charge in [0.05, 0.1) is 31.1 Å². The van der Waals surface area contributed by atoms with Gasteiger partial charge in [-0.1, -0.05) is 0 Å². The van der Waals surface area contributed by atoms with E-state index >= 15 is 0 Å². The highest BCUT2D eigenvalue weighted by Gasteiger charge is 2.26. The third kappa shape index (κ3) is 4.99. The van der Waals surface area contributed by atoms with E-state index in [1.807, 2.05) is 13.8 Å². The number of carbonyl (C=O) groups excluding carboxylic acids is 2. The molecular weight excluding hydrogens is 324 g/mol. The van der Waals surface area contributed by atoms with Crippen LogP contribution in [0.15, 0.2) is 18.2 Å². The molecule has 2 N–H and O–H groups in total. The number of hydrogen-bond acceptors (Lipinski definition) is 4. The molecule has 0 saturated carbocycles. The smallest absolute Gasteiger partial charge is 0.275 e. The van der Waals surface area contributed by atoms with Crippen molar-refractivity contribution < 1.29 is 19.4 Å². The molecule has 8 heteroatoms. The van der Waals surface area contributed by atoms with Gasteiger partial charge in [-0.05, 0) is 32.9 Å². The molecule has 0 radical (unpaired) electrons. The number of aryl methyl sites for hydroxylation is 1. The van der Waals surface area contributed by atoms with Crippen molar-refractivity contribution in [3.05, 3.63) is 39.4 Å². The maximum absolute atomic E-state index is 12.6. The average molecular weight is 349 g/mol. The lowest BCUT2D eigenvalue weighted by molar-refractivity contribution is -0.896. The topological polar surface area (TPSA) is 97.0 Å². The standard InChI is InChI=1S/C17H24N4O4/c1-12(2)18-16(22)11-19-6-8-20(9-7-19)17(23)14-4-5-15(21(24)25)13(3)10-14/h4-5,10,12H,6-9,11H2,1-3H3,(H,18,22)/p+1. The Morgan fingerprint density at radius 3 is 2.48 bits per heavy atom. The van der Waals surface area contributed by atoms with Gasteiger partial charge in [0.2, 0.25) is 0 Å². The summed E-state index contributed by atoms with van der Waals surface area (Å²) in [6.45, 7) is 8.46. The van der Waals surface area contributed by atoms with Gasteiger partial charge in [-0.25, -0.2) is 0 Å². The normalized spacial score (nSPS) is 15.3. The van der Waals surface area contributed by atoms with E-state index in [-0.39, 0.29) is 23.5 Å². The number of nitro groups is 1. The van der Waals surface area contributed by atoms with E-state index in [0.29, 0.717) is 43.9 Å². The number of nitrogens with one attached hydrogen (secondary N) is 2. The van der Waals surface area contributed by atoms with Crippen molar-refractivity contribution in [2.45, 2.75) is 26.8 Å². The number of piperazine rings is 1. The second-order valence-electron chi connectivity index (χ2n) is 6.70. The molecular formula is C17H25N4O4+. The first kappa shape index (κ1) is 18.9. The van der Waals surface area contributed by atoms with Gasteiger partial charge in [-0.2, -0.15) is 0 Å². The molecule has 2 amide bonds. The van der Waals surface area contributed by atoms with E-state index in [1.165, 1.54) is 12.1 Å². The molecule has 0 aromatic heterocycles. The van der Waals surface area contributed by atoms with Crippen LogP contribution >= 0.6 is 0 Å². The van der Waals surface area contributed by atoms with Gasteiger partial charge in [0.15, 0.2) is 6.54 Å². The zero-order valence-electron chi connectivity index (χ0n) is 14.9. The van der Waals surface area contributed by atoms with Crippen LogP contribution in [0.3, 0.4) is 0 Å². The lowest BCUT2D eigenvalue weighted by atomic mass is 10.1. The summed E-state index contributed by atoms with van der Waals surface area (Å²) >= 11 is 0. The van der Waals surface area contributed by atoms with Crippen molar-refractivity contribution in [1.29, 1.82) is 0 Å². The van der Waals surface area contributed by atoms with Crippen LogP contribution in [0.5, 0.6) is 0 Å². The minimum Gasteiger partial charge on any atom is -0.349 e. The Hall–Kier alpha value is -2.48. The second-order valence-corrected chi connectivity index (χ2v) is 6.70. The Kier molecular flexibility index (Phi) is 6.08. The number of rotatable bonds is 5. The first-order valence-corrected chi connectivity index (χ1v) is 8.45. The second kappa shape index (κ2) is 8.06. The fourth-order valence-corrected chi connectivity index (χ4v) is 2.98. The molecule has 8 nitrogen and oxygen atoms in total. The first-order chi connectivity index (χ1) is 11.8. The molecule has 0 bridgehead atoms. The highest BCUT2D eigenvalue weighted by Crippen LogP contribution is 2.19. The van der Waals surface area contributed by atoms with Crippen LogP contribution < -0.4 is 10.2 Å².